The fraction of sp³-hybridized carbons (Fsp3) is 0.188. The predicted molar refractivity (Wildman–Crippen MR) is 79.2 cm³/mol. The molecule has 1 aromatic carbocycles. The number of carboxylic acid groups (broad SMARTS) is 1. The number of aromatic carboxylic acids is 1. The molecule has 0 unspecified atom stereocenters. The van der Waals surface area contributed by atoms with Crippen molar-refractivity contribution in [1.29, 1.82) is 0 Å². The van der Waals surface area contributed by atoms with Crippen molar-refractivity contribution in [3.8, 4) is 0 Å². The van der Waals surface area contributed by atoms with Gasteiger partial charge in [0.15, 0.2) is 0 Å². The quantitative estimate of drug-likeness (QED) is 0.851. The second-order valence-corrected chi connectivity index (χ2v) is 4.61. The van der Waals surface area contributed by atoms with Gasteiger partial charge in [-0.25, -0.2) is 9.59 Å². The van der Waals surface area contributed by atoms with Crippen molar-refractivity contribution >= 4 is 11.9 Å². The summed E-state index contributed by atoms with van der Waals surface area (Å²) in [5.41, 5.74) is 0.956. The van der Waals surface area contributed by atoms with Crippen LogP contribution in [0.25, 0.3) is 0 Å². The first-order chi connectivity index (χ1) is 10.5. The summed E-state index contributed by atoms with van der Waals surface area (Å²) in [6, 6.07) is 9.11. The zero-order chi connectivity index (χ0) is 16.1. The fourth-order valence-corrected chi connectivity index (χ4v) is 1.94. The maximum Gasteiger partial charge on any atom is 0.338 e. The van der Waals surface area contributed by atoms with Gasteiger partial charge in [0.05, 0.1) is 24.3 Å². The Morgan fingerprint density at radius 2 is 1.73 bits per heavy atom. The minimum Gasteiger partial charge on any atom is -0.478 e. The number of aromatic nitrogens is 1. The summed E-state index contributed by atoms with van der Waals surface area (Å²) in [4.78, 5) is 34.2. The SMILES string of the molecule is CCOC(=O)c1ccc(Cn2cc(C(=O)O)ccc2=O)cc1. The fourth-order valence-electron chi connectivity index (χ4n) is 1.94. The zero-order valence-corrected chi connectivity index (χ0v) is 12.0. The van der Waals surface area contributed by atoms with Crippen molar-refractivity contribution in [3.05, 3.63) is 69.6 Å². The van der Waals surface area contributed by atoms with Gasteiger partial charge in [0.2, 0.25) is 0 Å². The molecule has 0 aliphatic carbocycles. The Morgan fingerprint density at radius 3 is 2.32 bits per heavy atom. The molecular formula is C16H15NO5. The largest absolute Gasteiger partial charge is 0.478 e. The number of carboxylic acids is 1. The lowest BCUT2D eigenvalue weighted by molar-refractivity contribution is 0.0525. The normalized spacial score (nSPS) is 10.2. The lowest BCUT2D eigenvalue weighted by Crippen LogP contribution is -2.20. The first kappa shape index (κ1) is 15.5. The van der Waals surface area contributed by atoms with Crippen LogP contribution >= 0.6 is 0 Å². The molecule has 22 heavy (non-hydrogen) atoms. The van der Waals surface area contributed by atoms with Crippen molar-refractivity contribution in [2.24, 2.45) is 0 Å². The van der Waals surface area contributed by atoms with Crippen LogP contribution in [0.15, 0.2) is 47.4 Å². The summed E-state index contributed by atoms with van der Waals surface area (Å²) in [6.45, 7) is 2.26. The Morgan fingerprint density at radius 1 is 1.09 bits per heavy atom. The molecule has 0 radical (unpaired) electrons. The van der Waals surface area contributed by atoms with Crippen LogP contribution in [-0.4, -0.2) is 28.2 Å². The highest BCUT2D eigenvalue weighted by atomic mass is 16.5. The molecule has 6 nitrogen and oxygen atoms in total. The molecule has 0 spiro atoms. The van der Waals surface area contributed by atoms with E-state index in [2.05, 4.69) is 0 Å². The van der Waals surface area contributed by atoms with E-state index in [1.54, 1.807) is 31.2 Å². The average Bonchev–Trinajstić information content (AvgIpc) is 2.50. The minimum absolute atomic E-state index is 0.0442. The molecule has 1 N–H and O–H groups in total. The molecule has 2 aromatic rings. The summed E-state index contributed by atoms with van der Waals surface area (Å²) in [5, 5.41) is 8.95. The third-order valence-electron chi connectivity index (χ3n) is 3.05. The number of rotatable bonds is 5. The number of pyridine rings is 1. The second kappa shape index (κ2) is 6.71. The highest BCUT2D eigenvalue weighted by Gasteiger charge is 2.08. The van der Waals surface area contributed by atoms with Crippen LogP contribution in [0.2, 0.25) is 0 Å². The van der Waals surface area contributed by atoms with E-state index < -0.39 is 11.9 Å². The summed E-state index contributed by atoms with van der Waals surface area (Å²) < 4.78 is 6.20. The molecule has 0 amide bonds. The first-order valence-corrected chi connectivity index (χ1v) is 6.71. The van der Waals surface area contributed by atoms with Crippen LogP contribution in [0.4, 0.5) is 0 Å². The maximum atomic E-state index is 11.8. The lowest BCUT2D eigenvalue weighted by atomic mass is 10.1. The van der Waals surface area contributed by atoms with Crippen molar-refractivity contribution in [2.75, 3.05) is 6.61 Å². The standard InChI is InChI=1S/C16H15NO5/c1-2-22-16(21)12-5-3-11(4-6-12)9-17-10-13(15(19)20)7-8-14(17)18/h3-8,10H,2,9H2,1H3,(H,19,20). The van der Waals surface area contributed by atoms with Gasteiger partial charge in [0, 0.05) is 12.3 Å². The van der Waals surface area contributed by atoms with E-state index in [1.807, 2.05) is 0 Å². The van der Waals surface area contributed by atoms with Gasteiger partial charge in [-0.05, 0) is 30.7 Å². The van der Waals surface area contributed by atoms with E-state index in [0.717, 1.165) is 5.56 Å². The average molecular weight is 301 g/mol. The van der Waals surface area contributed by atoms with Crippen molar-refractivity contribution < 1.29 is 19.4 Å². The van der Waals surface area contributed by atoms with E-state index in [-0.39, 0.29) is 17.7 Å². The molecule has 0 aliphatic rings. The van der Waals surface area contributed by atoms with Crippen LogP contribution in [0.3, 0.4) is 0 Å². The van der Waals surface area contributed by atoms with Gasteiger partial charge >= 0.3 is 11.9 Å². The van der Waals surface area contributed by atoms with Crippen molar-refractivity contribution in [1.82, 2.24) is 4.57 Å². The topological polar surface area (TPSA) is 85.6 Å². The number of carbonyl (C=O) groups excluding carboxylic acids is 1. The van der Waals surface area contributed by atoms with Crippen LogP contribution in [0.1, 0.15) is 33.2 Å². The van der Waals surface area contributed by atoms with Gasteiger partial charge in [-0.2, -0.15) is 0 Å². The van der Waals surface area contributed by atoms with Crippen molar-refractivity contribution in [2.45, 2.75) is 13.5 Å². The Balaban J connectivity index is 2.21. The molecule has 0 atom stereocenters. The number of nitrogens with zero attached hydrogens (tertiary/aromatic N) is 1. The molecule has 0 saturated carbocycles. The molecule has 0 fully saturated rings. The summed E-state index contributed by atoms with van der Waals surface area (Å²) in [6.07, 6.45) is 1.30. The van der Waals surface area contributed by atoms with E-state index in [1.165, 1.54) is 22.9 Å². The highest BCUT2D eigenvalue weighted by molar-refractivity contribution is 5.89. The number of esters is 1. The van der Waals surface area contributed by atoms with Crippen LogP contribution in [0, 0.1) is 0 Å². The molecule has 0 saturated heterocycles. The molecule has 1 heterocycles. The van der Waals surface area contributed by atoms with E-state index in [4.69, 9.17) is 9.84 Å². The third-order valence-corrected chi connectivity index (χ3v) is 3.05. The van der Waals surface area contributed by atoms with Gasteiger partial charge in [-0.3, -0.25) is 4.79 Å². The van der Waals surface area contributed by atoms with E-state index in [0.29, 0.717) is 12.2 Å². The number of hydrogen-bond acceptors (Lipinski definition) is 4. The predicted octanol–water partition coefficient (Wildman–Crippen LogP) is 1.77. The second-order valence-electron chi connectivity index (χ2n) is 4.61. The Labute approximate surface area is 126 Å². The third kappa shape index (κ3) is 3.60. The molecule has 114 valence electrons. The Kier molecular flexibility index (Phi) is 4.73. The van der Waals surface area contributed by atoms with Gasteiger partial charge in [0.1, 0.15) is 0 Å². The number of ether oxygens (including phenoxy) is 1. The molecule has 0 bridgehead atoms. The van der Waals surface area contributed by atoms with Gasteiger partial charge in [-0.1, -0.05) is 12.1 Å². The smallest absolute Gasteiger partial charge is 0.338 e. The van der Waals surface area contributed by atoms with Crippen molar-refractivity contribution in [3.63, 3.8) is 0 Å². The molecular weight excluding hydrogens is 286 g/mol. The summed E-state index contributed by atoms with van der Waals surface area (Å²) in [7, 11) is 0. The monoisotopic (exact) mass is 301 g/mol. The van der Waals surface area contributed by atoms with Crippen LogP contribution in [-0.2, 0) is 11.3 Å². The number of hydrogen-bond donors (Lipinski definition) is 1. The maximum absolute atomic E-state index is 11.8. The number of carbonyl (C=O) groups is 2. The van der Waals surface area contributed by atoms with Gasteiger partial charge in [-0.15, -0.1) is 0 Å². The molecule has 0 aliphatic heterocycles. The summed E-state index contributed by atoms with van der Waals surface area (Å²) in [5.74, 6) is -1.49. The number of benzene rings is 1. The van der Waals surface area contributed by atoms with Crippen LogP contribution < -0.4 is 5.56 Å². The molecule has 6 heteroatoms. The minimum atomic E-state index is -1.09. The Bertz CT molecular complexity index is 746. The first-order valence-electron chi connectivity index (χ1n) is 6.71. The van der Waals surface area contributed by atoms with Crippen LogP contribution in [0.5, 0.6) is 0 Å². The van der Waals surface area contributed by atoms with E-state index >= 15 is 0 Å². The highest BCUT2D eigenvalue weighted by Crippen LogP contribution is 2.08. The molecule has 2 rings (SSSR count). The molecule has 1 aromatic heterocycles. The van der Waals surface area contributed by atoms with E-state index in [9.17, 15) is 14.4 Å². The lowest BCUT2D eigenvalue weighted by Gasteiger charge is -2.07. The summed E-state index contributed by atoms with van der Waals surface area (Å²) >= 11 is 0. The van der Waals surface area contributed by atoms with Gasteiger partial charge in [0.25, 0.3) is 5.56 Å². The Hall–Kier alpha value is -2.89. The van der Waals surface area contributed by atoms with Gasteiger partial charge < -0.3 is 14.4 Å². The zero-order valence-electron chi connectivity index (χ0n) is 12.0.